The third-order valence-corrected chi connectivity index (χ3v) is 5.63. The maximum atomic E-state index is 12.1. The van der Waals surface area contributed by atoms with Crippen molar-refractivity contribution >= 4 is 27.5 Å². The first kappa shape index (κ1) is 21.2. The van der Waals surface area contributed by atoms with Crippen molar-refractivity contribution in [2.45, 2.75) is 38.4 Å². The summed E-state index contributed by atoms with van der Waals surface area (Å²) in [6.07, 6.45) is -2.97. The maximum absolute atomic E-state index is 12.1. The van der Waals surface area contributed by atoms with E-state index in [0.29, 0.717) is 10.8 Å². The van der Waals surface area contributed by atoms with Gasteiger partial charge in [0.15, 0.2) is 6.10 Å². The number of rotatable bonds is 7. The number of ether oxygens (including phenoxy) is 1. The Kier molecular flexibility index (Phi) is 6.52. The molecule has 2 aromatic carbocycles. The van der Waals surface area contributed by atoms with Crippen LogP contribution >= 0.6 is 11.3 Å². The highest BCUT2D eigenvalue weighted by Gasteiger charge is 2.28. The molecule has 29 heavy (non-hydrogen) atoms. The molecule has 2 unspecified atom stereocenters. The number of nitrogens with one attached hydrogen (secondary N) is 1. The van der Waals surface area contributed by atoms with Crippen molar-refractivity contribution < 1.29 is 19.7 Å². The van der Waals surface area contributed by atoms with Crippen LogP contribution in [0.1, 0.15) is 37.4 Å². The molecule has 0 fully saturated rings. The van der Waals surface area contributed by atoms with E-state index in [-0.39, 0.29) is 18.6 Å². The van der Waals surface area contributed by atoms with Crippen LogP contribution in [-0.2, 0) is 10.2 Å². The normalized spacial score (nSPS) is 13.8. The van der Waals surface area contributed by atoms with Crippen molar-refractivity contribution in [3.8, 4) is 5.75 Å². The van der Waals surface area contributed by atoms with Crippen molar-refractivity contribution in [1.82, 2.24) is 10.3 Å². The summed E-state index contributed by atoms with van der Waals surface area (Å²) in [7, 11) is 0. The molecule has 0 aliphatic carbocycles. The Bertz CT molecular complexity index is 930. The molecule has 2 atom stereocenters. The second-order valence-corrected chi connectivity index (χ2v) is 8.89. The third-order valence-electron chi connectivity index (χ3n) is 4.52. The first-order valence-corrected chi connectivity index (χ1v) is 10.3. The van der Waals surface area contributed by atoms with Crippen LogP contribution in [-0.4, -0.2) is 40.4 Å². The van der Waals surface area contributed by atoms with Gasteiger partial charge < -0.3 is 20.3 Å². The van der Waals surface area contributed by atoms with Crippen LogP contribution < -0.4 is 10.1 Å². The second kappa shape index (κ2) is 8.90. The van der Waals surface area contributed by atoms with Crippen molar-refractivity contribution in [2.75, 3.05) is 13.2 Å². The lowest BCUT2D eigenvalue weighted by Crippen LogP contribution is -2.40. The summed E-state index contributed by atoms with van der Waals surface area (Å²) < 4.78 is 6.51. The van der Waals surface area contributed by atoms with Crippen LogP contribution in [0.15, 0.2) is 48.5 Å². The molecule has 1 amide bonds. The standard InChI is InChI=1S/C22H26N2O4S/c1-22(2,3)14-8-10-15(11-9-14)28-13-12-23-20(27)18(25)19(26)21-24-16-6-4-5-7-17(16)29-21/h4-11,18-19,25-26H,12-13H2,1-3H3,(H,23,27). The van der Waals surface area contributed by atoms with Gasteiger partial charge in [0.2, 0.25) is 0 Å². The van der Waals surface area contributed by atoms with Gasteiger partial charge >= 0.3 is 0 Å². The number of amides is 1. The SMILES string of the molecule is CC(C)(C)c1ccc(OCCNC(=O)C(O)C(O)c2nc3ccccc3s2)cc1. The van der Waals surface area contributed by atoms with Crippen molar-refractivity contribution in [3.63, 3.8) is 0 Å². The minimum atomic E-state index is -1.60. The highest BCUT2D eigenvalue weighted by atomic mass is 32.1. The number of aromatic nitrogens is 1. The van der Waals surface area contributed by atoms with Crippen molar-refractivity contribution in [1.29, 1.82) is 0 Å². The summed E-state index contributed by atoms with van der Waals surface area (Å²) in [6, 6.07) is 15.2. The molecule has 3 rings (SSSR count). The fourth-order valence-corrected chi connectivity index (χ4v) is 3.78. The van der Waals surface area contributed by atoms with Gasteiger partial charge in [0.1, 0.15) is 23.5 Å². The molecule has 0 bridgehead atoms. The van der Waals surface area contributed by atoms with Gasteiger partial charge in [0, 0.05) is 0 Å². The lowest BCUT2D eigenvalue weighted by molar-refractivity contribution is -0.135. The molecule has 0 saturated heterocycles. The Hall–Kier alpha value is -2.48. The quantitative estimate of drug-likeness (QED) is 0.517. The number of aliphatic hydroxyl groups is 2. The van der Waals surface area contributed by atoms with Crippen LogP contribution in [0.4, 0.5) is 0 Å². The number of hydrogen-bond donors (Lipinski definition) is 3. The number of carbonyl (C=O) groups excluding carboxylic acids is 1. The Balaban J connectivity index is 1.47. The molecule has 7 heteroatoms. The summed E-state index contributed by atoms with van der Waals surface area (Å²) >= 11 is 1.25. The average molecular weight is 415 g/mol. The van der Waals surface area contributed by atoms with E-state index in [1.807, 2.05) is 48.5 Å². The molecule has 3 aromatic rings. The fraction of sp³-hybridized carbons (Fsp3) is 0.364. The van der Waals surface area contributed by atoms with E-state index in [4.69, 9.17) is 4.74 Å². The number of thiazole rings is 1. The van der Waals surface area contributed by atoms with Gasteiger partial charge in [0.05, 0.1) is 16.8 Å². The molecule has 0 spiro atoms. The Morgan fingerprint density at radius 2 is 1.83 bits per heavy atom. The van der Waals surface area contributed by atoms with Crippen LogP contribution in [0.5, 0.6) is 5.75 Å². The second-order valence-electron chi connectivity index (χ2n) is 7.82. The number of carbonyl (C=O) groups is 1. The zero-order valence-electron chi connectivity index (χ0n) is 16.8. The first-order chi connectivity index (χ1) is 13.8. The molecule has 0 aliphatic rings. The summed E-state index contributed by atoms with van der Waals surface area (Å²) in [4.78, 5) is 16.4. The predicted molar refractivity (Wildman–Crippen MR) is 114 cm³/mol. The van der Waals surface area contributed by atoms with E-state index >= 15 is 0 Å². The lowest BCUT2D eigenvalue weighted by Gasteiger charge is -2.19. The van der Waals surface area contributed by atoms with E-state index in [1.165, 1.54) is 16.9 Å². The Morgan fingerprint density at radius 3 is 2.48 bits per heavy atom. The molecule has 0 saturated carbocycles. The number of aliphatic hydroxyl groups excluding tert-OH is 2. The fourth-order valence-electron chi connectivity index (χ4n) is 2.79. The molecule has 0 radical (unpaired) electrons. The highest BCUT2D eigenvalue weighted by Crippen LogP contribution is 2.28. The van der Waals surface area contributed by atoms with Crippen LogP contribution in [0.25, 0.3) is 10.2 Å². The molecule has 6 nitrogen and oxygen atoms in total. The number of fused-ring (bicyclic) bond motifs is 1. The minimum absolute atomic E-state index is 0.0761. The van der Waals surface area contributed by atoms with Gasteiger partial charge in [0.25, 0.3) is 5.91 Å². The summed E-state index contributed by atoms with van der Waals surface area (Å²) in [5.41, 5.74) is 2.02. The summed E-state index contributed by atoms with van der Waals surface area (Å²) in [5.74, 6) is 0.0470. The van der Waals surface area contributed by atoms with E-state index in [2.05, 4.69) is 31.1 Å². The number of para-hydroxylation sites is 1. The molecule has 3 N–H and O–H groups in total. The van der Waals surface area contributed by atoms with Crippen molar-refractivity contribution in [3.05, 3.63) is 59.1 Å². The predicted octanol–water partition coefficient (Wildman–Crippen LogP) is 3.18. The molecular weight excluding hydrogens is 388 g/mol. The minimum Gasteiger partial charge on any atom is -0.492 e. The Morgan fingerprint density at radius 1 is 1.14 bits per heavy atom. The zero-order valence-corrected chi connectivity index (χ0v) is 17.6. The topological polar surface area (TPSA) is 91.7 Å². The first-order valence-electron chi connectivity index (χ1n) is 9.48. The van der Waals surface area contributed by atoms with Gasteiger partial charge in [-0.3, -0.25) is 4.79 Å². The number of nitrogens with zero attached hydrogens (tertiary/aromatic N) is 1. The molecule has 1 aromatic heterocycles. The monoisotopic (exact) mass is 414 g/mol. The number of hydrogen-bond acceptors (Lipinski definition) is 6. The van der Waals surface area contributed by atoms with Gasteiger partial charge in [-0.15, -0.1) is 11.3 Å². The number of benzene rings is 2. The van der Waals surface area contributed by atoms with Gasteiger partial charge in [-0.2, -0.15) is 0 Å². The average Bonchev–Trinajstić information content (AvgIpc) is 3.14. The molecule has 154 valence electrons. The van der Waals surface area contributed by atoms with Gasteiger partial charge in [-0.1, -0.05) is 45.0 Å². The summed E-state index contributed by atoms with van der Waals surface area (Å²) in [5, 5.41) is 23.3. The van der Waals surface area contributed by atoms with E-state index < -0.39 is 18.1 Å². The van der Waals surface area contributed by atoms with Crippen LogP contribution in [0.2, 0.25) is 0 Å². The lowest BCUT2D eigenvalue weighted by atomic mass is 9.87. The van der Waals surface area contributed by atoms with Crippen molar-refractivity contribution in [2.24, 2.45) is 0 Å². The van der Waals surface area contributed by atoms with Crippen LogP contribution in [0, 0.1) is 0 Å². The van der Waals surface area contributed by atoms with Gasteiger partial charge in [-0.25, -0.2) is 4.98 Å². The molecule has 0 aliphatic heterocycles. The molecule has 1 heterocycles. The van der Waals surface area contributed by atoms with E-state index in [0.717, 1.165) is 10.2 Å². The molecular formula is C22H26N2O4S. The summed E-state index contributed by atoms with van der Waals surface area (Å²) in [6.45, 7) is 6.90. The Labute approximate surface area is 174 Å². The van der Waals surface area contributed by atoms with E-state index in [9.17, 15) is 15.0 Å². The largest absolute Gasteiger partial charge is 0.492 e. The van der Waals surface area contributed by atoms with Crippen LogP contribution in [0.3, 0.4) is 0 Å². The maximum Gasteiger partial charge on any atom is 0.252 e. The van der Waals surface area contributed by atoms with E-state index in [1.54, 1.807) is 0 Å². The van der Waals surface area contributed by atoms with Gasteiger partial charge in [-0.05, 0) is 35.2 Å². The highest BCUT2D eigenvalue weighted by molar-refractivity contribution is 7.18. The smallest absolute Gasteiger partial charge is 0.252 e. The zero-order chi connectivity index (χ0) is 21.0. The third kappa shape index (κ3) is 5.32.